The summed E-state index contributed by atoms with van der Waals surface area (Å²) >= 11 is 7.24. The van der Waals surface area contributed by atoms with E-state index in [1.807, 2.05) is 6.92 Å². The van der Waals surface area contributed by atoms with Crippen molar-refractivity contribution in [1.29, 1.82) is 0 Å². The van der Waals surface area contributed by atoms with Gasteiger partial charge >= 0.3 is 0 Å². The van der Waals surface area contributed by atoms with Crippen molar-refractivity contribution in [2.75, 3.05) is 11.9 Å². The van der Waals surface area contributed by atoms with Gasteiger partial charge in [0.05, 0.1) is 0 Å². The zero-order valence-electron chi connectivity index (χ0n) is 6.25. The van der Waals surface area contributed by atoms with Crippen molar-refractivity contribution in [2.45, 2.75) is 18.7 Å². The van der Waals surface area contributed by atoms with E-state index in [4.69, 9.17) is 11.6 Å². The fourth-order valence-corrected chi connectivity index (χ4v) is 1.21. The number of nitrogens with zero attached hydrogens (tertiary/aromatic N) is 2. The van der Waals surface area contributed by atoms with Crippen LogP contribution < -0.4 is 5.32 Å². The number of hydrogen-bond acceptors (Lipinski definition) is 4. The molecule has 0 spiro atoms. The molecular weight excluding hydrogens is 182 g/mol. The van der Waals surface area contributed by atoms with Gasteiger partial charge in [-0.15, -0.1) is 21.8 Å². The van der Waals surface area contributed by atoms with Gasteiger partial charge in [-0.05, 0) is 13.3 Å². The molecule has 0 saturated heterocycles. The zero-order valence-corrected chi connectivity index (χ0v) is 7.82. The fourth-order valence-electron chi connectivity index (χ4n) is 0.628. The van der Waals surface area contributed by atoms with Crippen LogP contribution in [0.25, 0.3) is 0 Å². The third-order valence-electron chi connectivity index (χ3n) is 1.18. The van der Waals surface area contributed by atoms with Crippen LogP contribution in [0, 0.1) is 0 Å². The molecule has 0 radical (unpaired) electrons. The molecule has 11 heavy (non-hydrogen) atoms. The standard InChI is InChI=1S/C6H10ClN3S/c1-5(7)2-3-8-6-10-9-4-11-6/h4-5H,2-3H2,1H3,(H,8,10). The molecule has 1 heterocycles. The zero-order chi connectivity index (χ0) is 8.10. The van der Waals surface area contributed by atoms with E-state index in [0.717, 1.165) is 18.1 Å². The van der Waals surface area contributed by atoms with Crippen LogP contribution in [0.3, 0.4) is 0 Å². The van der Waals surface area contributed by atoms with Crippen LogP contribution in [0.5, 0.6) is 0 Å². The highest BCUT2D eigenvalue weighted by Crippen LogP contribution is 2.08. The van der Waals surface area contributed by atoms with Gasteiger partial charge < -0.3 is 5.32 Å². The number of hydrogen-bond donors (Lipinski definition) is 1. The molecule has 1 unspecified atom stereocenters. The van der Waals surface area contributed by atoms with Gasteiger partial charge in [-0.25, -0.2) is 0 Å². The SMILES string of the molecule is CC(Cl)CCNc1nncs1. The second kappa shape index (κ2) is 4.51. The Bertz CT molecular complexity index is 188. The largest absolute Gasteiger partial charge is 0.360 e. The van der Waals surface area contributed by atoms with Crippen LogP contribution in [-0.4, -0.2) is 22.1 Å². The fraction of sp³-hybridized carbons (Fsp3) is 0.667. The Labute approximate surface area is 74.8 Å². The van der Waals surface area contributed by atoms with E-state index in [-0.39, 0.29) is 5.38 Å². The number of nitrogens with one attached hydrogen (secondary N) is 1. The summed E-state index contributed by atoms with van der Waals surface area (Å²) in [5, 5.41) is 11.7. The predicted molar refractivity (Wildman–Crippen MR) is 48.3 cm³/mol. The lowest BCUT2D eigenvalue weighted by molar-refractivity contribution is 0.839. The monoisotopic (exact) mass is 191 g/mol. The lowest BCUT2D eigenvalue weighted by Crippen LogP contribution is -2.05. The highest BCUT2D eigenvalue weighted by molar-refractivity contribution is 7.13. The number of anilines is 1. The van der Waals surface area contributed by atoms with E-state index in [1.165, 1.54) is 11.3 Å². The van der Waals surface area contributed by atoms with Crippen molar-refractivity contribution in [3.05, 3.63) is 5.51 Å². The van der Waals surface area contributed by atoms with Crippen LogP contribution in [0.1, 0.15) is 13.3 Å². The molecule has 1 aromatic rings. The summed E-state index contributed by atoms with van der Waals surface area (Å²) in [5.41, 5.74) is 1.70. The first-order valence-corrected chi connectivity index (χ1v) is 4.75. The van der Waals surface area contributed by atoms with Crippen LogP contribution in [0.2, 0.25) is 0 Å². The Morgan fingerprint density at radius 1 is 1.82 bits per heavy atom. The summed E-state index contributed by atoms with van der Waals surface area (Å²) in [6.07, 6.45) is 0.946. The molecule has 5 heteroatoms. The maximum Gasteiger partial charge on any atom is 0.205 e. The quantitative estimate of drug-likeness (QED) is 0.740. The summed E-state index contributed by atoms with van der Waals surface area (Å²) < 4.78 is 0. The van der Waals surface area contributed by atoms with Gasteiger partial charge in [-0.1, -0.05) is 11.3 Å². The lowest BCUT2D eigenvalue weighted by atomic mass is 10.3. The summed E-state index contributed by atoms with van der Waals surface area (Å²) in [7, 11) is 0. The molecule has 0 amide bonds. The van der Waals surface area contributed by atoms with Crippen LogP contribution in [-0.2, 0) is 0 Å². The van der Waals surface area contributed by atoms with E-state index >= 15 is 0 Å². The second-order valence-electron chi connectivity index (χ2n) is 2.24. The van der Waals surface area contributed by atoms with E-state index in [9.17, 15) is 0 Å². The Morgan fingerprint density at radius 3 is 3.18 bits per heavy atom. The normalized spacial score (nSPS) is 12.9. The van der Waals surface area contributed by atoms with Gasteiger partial charge in [0.2, 0.25) is 5.13 Å². The third kappa shape index (κ3) is 3.53. The summed E-state index contributed by atoms with van der Waals surface area (Å²) in [4.78, 5) is 0. The van der Waals surface area contributed by atoms with Crippen LogP contribution in [0.4, 0.5) is 5.13 Å². The van der Waals surface area contributed by atoms with Crippen LogP contribution >= 0.6 is 22.9 Å². The minimum atomic E-state index is 0.218. The van der Waals surface area contributed by atoms with Crippen molar-refractivity contribution in [3.8, 4) is 0 Å². The Hall–Kier alpha value is -0.350. The van der Waals surface area contributed by atoms with Crippen molar-refractivity contribution in [3.63, 3.8) is 0 Å². The molecule has 0 bridgehead atoms. The summed E-state index contributed by atoms with van der Waals surface area (Å²) in [6, 6.07) is 0. The average molecular weight is 192 g/mol. The first-order chi connectivity index (χ1) is 5.29. The second-order valence-corrected chi connectivity index (χ2v) is 3.82. The predicted octanol–water partition coefficient (Wildman–Crippen LogP) is 1.97. The Balaban J connectivity index is 2.14. The maximum absolute atomic E-state index is 5.75. The van der Waals surface area contributed by atoms with Gasteiger partial charge in [-0.3, -0.25) is 0 Å². The van der Waals surface area contributed by atoms with Crippen molar-refractivity contribution in [1.82, 2.24) is 10.2 Å². The van der Waals surface area contributed by atoms with E-state index in [0.29, 0.717) is 0 Å². The molecule has 1 aromatic heterocycles. The number of rotatable bonds is 4. The average Bonchev–Trinajstić information content (AvgIpc) is 2.39. The molecule has 1 N–H and O–H groups in total. The molecule has 0 saturated carbocycles. The lowest BCUT2D eigenvalue weighted by Gasteiger charge is -2.02. The molecule has 3 nitrogen and oxygen atoms in total. The molecule has 1 atom stereocenters. The molecule has 0 aliphatic heterocycles. The molecular formula is C6H10ClN3S. The summed E-state index contributed by atoms with van der Waals surface area (Å²) in [5.74, 6) is 0. The highest BCUT2D eigenvalue weighted by atomic mass is 35.5. The number of halogens is 1. The Morgan fingerprint density at radius 2 is 2.64 bits per heavy atom. The first-order valence-electron chi connectivity index (χ1n) is 3.43. The van der Waals surface area contributed by atoms with Gasteiger partial charge in [-0.2, -0.15) is 0 Å². The first kappa shape index (κ1) is 8.74. The van der Waals surface area contributed by atoms with E-state index in [2.05, 4.69) is 15.5 Å². The molecule has 1 rings (SSSR count). The number of alkyl halides is 1. The minimum Gasteiger partial charge on any atom is -0.360 e. The molecule has 0 fully saturated rings. The highest BCUT2D eigenvalue weighted by Gasteiger charge is 1.97. The van der Waals surface area contributed by atoms with Gasteiger partial charge in [0.25, 0.3) is 0 Å². The summed E-state index contributed by atoms with van der Waals surface area (Å²) in [6.45, 7) is 2.84. The van der Waals surface area contributed by atoms with Gasteiger partial charge in [0.15, 0.2) is 0 Å². The molecule has 62 valence electrons. The van der Waals surface area contributed by atoms with Gasteiger partial charge in [0.1, 0.15) is 5.51 Å². The number of aromatic nitrogens is 2. The van der Waals surface area contributed by atoms with E-state index < -0.39 is 0 Å². The maximum atomic E-state index is 5.75. The van der Waals surface area contributed by atoms with Crippen molar-refractivity contribution < 1.29 is 0 Å². The topological polar surface area (TPSA) is 37.8 Å². The Kier molecular flexibility index (Phi) is 3.59. The van der Waals surface area contributed by atoms with Gasteiger partial charge in [0, 0.05) is 11.9 Å². The smallest absolute Gasteiger partial charge is 0.205 e. The molecule has 0 aromatic carbocycles. The van der Waals surface area contributed by atoms with Crippen molar-refractivity contribution >= 4 is 28.1 Å². The van der Waals surface area contributed by atoms with Crippen LogP contribution in [0.15, 0.2) is 5.51 Å². The third-order valence-corrected chi connectivity index (χ3v) is 2.05. The van der Waals surface area contributed by atoms with Crippen molar-refractivity contribution in [2.24, 2.45) is 0 Å². The minimum absolute atomic E-state index is 0.218. The molecule has 0 aliphatic rings. The van der Waals surface area contributed by atoms with E-state index in [1.54, 1.807) is 5.51 Å². The molecule has 0 aliphatic carbocycles.